The van der Waals surface area contributed by atoms with Gasteiger partial charge < -0.3 is 4.90 Å². The van der Waals surface area contributed by atoms with Crippen LogP contribution >= 0.6 is 15.9 Å². The first-order valence-electron chi connectivity index (χ1n) is 9.03. The van der Waals surface area contributed by atoms with Crippen LogP contribution in [0.1, 0.15) is 52.0 Å². The summed E-state index contributed by atoms with van der Waals surface area (Å²) in [4.78, 5) is 7.71. The lowest BCUT2D eigenvalue weighted by Crippen LogP contribution is -2.32. The topological polar surface area (TPSA) is 15.6 Å². The molecule has 0 N–H and O–H groups in total. The van der Waals surface area contributed by atoms with Crippen molar-refractivity contribution in [1.82, 2.24) is 4.90 Å². The van der Waals surface area contributed by atoms with Crippen molar-refractivity contribution in [2.24, 2.45) is 16.3 Å². The van der Waals surface area contributed by atoms with Gasteiger partial charge in [-0.2, -0.15) is 0 Å². The van der Waals surface area contributed by atoms with Gasteiger partial charge in [0.1, 0.15) is 0 Å². The monoisotopic (exact) mass is 376 g/mol. The highest BCUT2D eigenvalue weighted by atomic mass is 79.9. The predicted molar refractivity (Wildman–Crippen MR) is 103 cm³/mol. The van der Waals surface area contributed by atoms with E-state index in [1.807, 2.05) is 0 Å². The number of nitrogens with zero attached hydrogens (tertiary/aromatic N) is 2. The Bertz CT molecular complexity index is 580. The van der Waals surface area contributed by atoms with Crippen LogP contribution in [0, 0.1) is 11.3 Å². The Labute approximate surface area is 149 Å². The molecule has 1 saturated heterocycles. The Balaban J connectivity index is 1.72. The van der Waals surface area contributed by atoms with Crippen LogP contribution in [0.4, 0.5) is 5.69 Å². The Morgan fingerprint density at radius 3 is 2.65 bits per heavy atom. The van der Waals surface area contributed by atoms with Crippen LogP contribution in [0.2, 0.25) is 0 Å². The number of likely N-dealkylation sites (tertiary alicyclic amines) is 1. The summed E-state index contributed by atoms with van der Waals surface area (Å²) in [6, 6.07) is 6.56. The average Bonchev–Trinajstić information content (AvgIpc) is 2.99. The highest BCUT2D eigenvalue weighted by molar-refractivity contribution is 9.10. The average molecular weight is 377 g/mol. The molecular formula is C20H29BrN2. The van der Waals surface area contributed by atoms with Gasteiger partial charge >= 0.3 is 0 Å². The molecule has 1 atom stereocenters. The fraction of sp³-hybridized carbons (Fsp3) is 0.650. The molecule has 0 radical (unpaired) electrons. The summed E-state index contributed by atoms with van der Waals surface area (Å²) in [5, 5.41) is 0. The second-order valence-corrected chi connectivity index (χ2v) is 9.03. The maximum atomic E-state index is 5.08. The third-order valence-corrected chi connectivity index (χ3v) is 5.63. The minimum Gasteiger partial charge on any atom is -0.303 e. The molecule has 0 spiro atoms. The van der Waals surface area contributed by atoms with Gasteiger partial charge in [-0.3, -0.25) is 4.99 Å². The molecule has 2 heterocycles. The molecule has 2 nitrogen and oxygen atoms in total. The van der Waals surface area contributed by atoms with Gasteiger partial charge in [-0.25, -0.2) is 0 Å². The van der Waals surface area contributed by atoms with Crippen molar-refractivity contribution < 1.29 is 0 Å². The predicted octanol–water partition coefficient (Wildman–Crippen LogP) is 5.62. The van der Waals surface area contributed by atoms with Crippen molar-refractivity contribution in [2.45, 2.75) is 52.9 Å². The lowest BCUT2D eigenvalue weighted by atomic mass is 9.76. The van der Waals surface area contributed by atoms with E-state index < -0.39 is 0 Å². The minimum absolute atomic E-state index is 0.151. The van der Waals surface area contributed by atoms with Crippen molar-refractivity contribution >= 4 is 27.3 Å². The van der Waals surface area contributed by atoms with Crippen LogP contribution in [0.3, 0.4) is 0 Å². The lowest BCUT2D eigenvalue weighted by molar-refractivity contribution is 0.322. The zero-order valence-electron chi connectivity index (χ0n) is 14.7. The van der Waals surface area contributed by atoms with Crippen LogP contribution in [0.15, 0.2) is 27.7 Å². The summed E-state index contributed by atoms with van der Waals surface area (Å²) in [6.07, 6.45) is 6.49. The molecule has 1 unspecified atom stereocenters. The van der Waals surface area contributed by atoms with E-state index >= 15 is 0 Å². The Kier molecular flexibility index (Phi) is 5.27. The molecule has 3 rings (SSSR count). The highest BCUT2D eigenvalue weighted by Gasteiger charge is 2.31. The van der Waals surface area contributed by atoms with Crippen LogP contribution in [-0.4, -0.2) is 30.2 Å². The maximum Gasteiger partial charge on any atom is 0.0672 e. The zero-order valence-corrected chi connectivity index (χ0v) is 16.3. The Hall–Kier alpha value is -0.670. The largest absolute Gasteiger partial charge is 0.303 e. The molecule has 3 heteroatoms. The van der Waals surface area contributed by atoms with Crippen molar-refractivity contribution in [3.63, 3.8) is 0 Å². The number of aliphatic imine (C=N–C) groups is 1. The third kappa shape index (κ3) is 4.24. The molecule has 0 aliphatic carbocycles. The second kappa shape index (κ2) is 7.06. The van der Waals surface area contributed by atoms with Gasteiger partial charge in [0, 0.05) is 21.5 Å². The van der Waals surface area contributed by atoms with Crippen molar-refractivity contribution in [3.05, 3.63) is 28.2 Å². The van der Waals surface area contributed by atoms with Crippen LogP contribution in [0.25, 0.3) is 0 Å². The van der Waals surface area contributed by atoms with E-state index in [4.69, 9.17) is 4.99 Å². The first-order chi connectivity index (χ1) is 10.9. The molecule has 0 bridgehead atoms. The standard InChI is InChI=1S/C20H29BrN2/c1-20(2,3)19-16(7-6-12-23-10-4-5-11-23)13-15-8-9-17(21)14-18(15)22-19/h8-9,14,16H,4-7,10-13H2,1-3H3. The van der Waals surface area contributed by atoms with Gasteiger partial charge in [0.25, 0.3) is 0 Å². The smallest absolute Gasteiger partial charge is 0.0672 e. The highest BCUT2D eigenvalue weighted by Crippen LogP contribution is 2.38. The van der Waals surface area contributed by atoms with E-state index in [9.17, 15) is 0 Å². The van der Waals surface area contributed by atoms with Gasteiger partial charge in [0.2, 0.25) is 0 Å². The second-order valence-electron chi connectivity index (χ2n) is 8.11. The number of benzene rings is 1. The molecule has 0 amide bonds. The van der Waals surface area contributed by atoms with E-state index in [1.165, 1.54) is 62.3 Å². The normalized spacial score (nSPS) is 22.1. The zero-order chi connectivity index (χ0) is 16.4. The summed E-state index contributed by atoms with van der Waals surface area (Å²) in [6.45, 7) is 10.8. The molecule has 1 aromatic carbocycles. The summed E-state index contributed by atoms with van der Waals surface area (Å²) in [5.41, 5.74) is 4.12. The Morgan fingerprint density at radius 1 is 1.22 bits per heavy atom. The molecular weight excluding hydrogens is 348 g/mol. The van der Waals surface area contributed by atoms with Crippen LogP contribution < -0.4 is 0 Å². The first-order valence-corrected chi connectivity index (χ1v) is 9.82. The fourth-order valence-corrected chi connectivity index (χ4v) is 4.33. The summed E-state index contributed by atoms with van der Waals surface area (Å²) in [5.74, 6) is 0.603. The summed E-state index contributed by atoms with van der Waals surface area (Å²) >= 11 is 3.58. The van der Waals surface area contributed by atoms with Gasteiger partial charge in [0.05, 0.1) is 5.69 Å². The van der Waals surface area contributed by atoms with Crippen molar-refractivity contribution in [2.75, 3.05) is 19.6 Å². The molecule has 2 aliphatic rings. The molecule has 2 aliphatic heterocycles. The number of hydrogen-bond acceptors (Lipinski definition) is 2. The van der Waals surface area contributed by atoms with E-state index in [0.29, 0.717) is 5.92 Å². The van der Waals surface area contributed by atoms with Gasteiger partial charge in [-0.1, -0.05) is 42.8 Å². The first kappa shape index (κ1) is 17.2. The Morgan fingerprint density at radius 2 is 1.96 bits per heavy atom. The van der Waals surface area contributed by atoms with E-state index in [2.05, 4.69) is 59.8 Å². The number of fused-ring (bicyclic) bond motifs is 1. The van der Waals surface area contributed by atoms with E-state index in [-0.39, 0.29) is 5.41 Å². The quantitative estimate of drug-likeness (QED) is 0.665. The number of hydrogen-bond donors (Lipinski definition) is 0. The van der Waals surface area contributed by atoms with Gasteiger partial charge in [-0.15, -0.1) is 0 Å². The molecule has 1 aromatic rings. The SMILES string of the molecule is CC(C)(C)C1=Nc2cc(Br)ccc2CC1CCCN1CCCC1. The fourth-order valence-electron chi connectivity index (χ4n) is 3.98. The van der Waals surface area contributed by atoms with Gasteiger partial charge in [-0.05, 0) is 69.4 Å². The number of rotatable bonds is 4. The van der Waals surface area contributed by atoms with E-state index in [0.717, 1.165) is 10.9 Å². The minimum atomic E-state index is 0.151. The summed E-state index contributed by atoms with van der Waals surface area (Å²) in [7, 11) is 0. The van der Waals surface area contributed by atoms with Gasteiger partial charge in [0.15, 0.2) is 0 Å². The maximum absolute atomic E-state index is 5.08. The molecule has 0 aromatic heterocycles. The molecule has 126 valence electrons. The van der Waals surface area contributed by atoms with E-state index in [1.54, 1.807) is 0 Å². The third-order valence-electron chi connectivity index (χ3n) is 5.14. The van der Waals surface area contributed by atoms with Crippen LogP contribution in [-0.2, 0) is 6.42 Å². The lowest BCUT2D eigenvalue weighted by Gasteiger charge is -2.33. The molecule has 23 heavy (non-hydrogen) atoms. The molecule has 1 fully saturated rings. The van der Waals surface area contributed by atoms with Crippen molar-refractivity contribution in [1.29, 1.82) is 0 Å². The summed E-state index contributed by atoms with van der Waals surface area (Å²) < 4.78 is 1.13. The molecule has 0 saturated carbocycles. The number of halogens is 1. The van der Waals surface area contributed by atoms with Crippen LogP contribution in [0.5, 0.6) is 0 Å². The van der Waals surface area contributed by atoms with Crippen molar-refractivity contribution in [3.8, 4) is 0 Å².